The average Bonchev–Trinajstić information content (AvgIpc) is 2.95. The van der Waals surface area contributed by atoms with Gasteiger partial charge in [0.15, 0.2) is 0 Å². The molecule has 112 valence electrons. The lowest BCUT2D eigenvalue weighted by Gasteiger charge is -2.38. The molecule has 3 atom stereocenters. The van der Waals surface area contributed by atoms with E-state index >= 15 is 0 Å². The van der Waals surface area contributed by atoms with Gasteiger partial charge < -0.3 is 9.88 Å². The molecule has 0 spiro atoms. The highest BCUT2D eigenvalue weighted by Crippen LogP contribution is 2.39. The Balaban J connectivity index is 1.84. The van der Waals surface area contributed by atoms with Crippen LogP contribution in [0.2, 0.25) is 0 Å². The quantitative estimate of drug-likeness (QED) is 0.927. The van der Waals surface area contributed by atoms with E-state index in [4.69, 9.17) is 0 Å². The molecule has 1 saturated carbocycles. The van der Waals surface area contributed by atoms with Crippen LogP contribution < -0.4 is 5.32 Å². The van der Waals surface area contributed by atoms with Crippen LogP contribution in [0.15, 0.2) is 42.7 Å². The van der Waals surface area contributed by atoms with Crippen LogP contribution in [-0.4, -0.2) is 22.1 Å². The van der Waals surface area contributed by atoms with Gasteiger partial charge in [0.25, 0.3) is 0 Å². The van der Waals surface area contributed by atoms with E-state index in [-0.39, 0.29) is 0 Å². The van der Waals surface area contributed by atoms with Gasteiger partial charge in [0.05, 0.1) is 6.04 Å². The van der Waals surface area contributed by atoms with Crippen LogP contribution in [-0.2, 0) is 0 Å². The van der Waals surface area contributed by atoms with Crippen molar-refractivity contribution in [2.75, 3.05) is 6.54 Å². The second-order valence-corrected chi connectivity index (χ2v) is 6.03. The summed E-state index contributed by atoms with van der Waals surface area (Å²) >= 11 is 0. The maximum absolute atomic E-state index is 4.42. The summed E-state index contributed by atoms with van der Waals surface area (Å²) in [5.41, 5.74) is 1.48. The number of rotatable bonds is 4. The van der Waals surface area contributed by atoms with Crippen LogP contribution in [0.4, 0.5) is 0 Å². The van der Waals surface area contributed by atoms with Crippen LogP contribution >= 0.6 is 0 Å². The summed E-state index contributed by atoms with van der Waals surface area (Å²) < 4.78 is 2.36. The average molecular weight is 283 g/mol. The zero-order valence-corrected chi connectivity index (χ0v) is 13.0. The van der Waals surface area contributed by atoms with Gasteiger partial charge in [-0.15, -0.1) is 0 Å². The van der Waals surface area contributed by atoms with Crippen molar-refractivity contribution in [3.8, 4) is 0 Å². The highest BCUT2D eigenvalue weighted by atomic mass is 15.1. The number of hydrogen-bond donors (Lipinski definition) is 1. The Kier molecular flexibility index (Phi) is 4.39. The van der Waals surface area contributed by atoms with E-state index in [1.165, 1.54) is 24.8 Å². The molecule has 3 heteroatoms. The number of hydrogen-bond acceptors (Lipinski definition) is 2. The summed E-state index contributed by atoms with van der Waals surface area (Å²) in [7, 11) is 0. The van der Waals surface area contributed by atoms with E-state index in [0.717, 1.165) is 12.4 Å². The van der Waals surface area contributed by atoms with Gasteiger partial charge >= 0.3 is 0 Å². The molecule has 3 rings (SSSR count). The lowest BCUT2D eigenvalue weighted by Crippen LogP contribution is -2.41. The SMILES string of the molecule is CCNC1CCC(c2ccccc2)CC1n1ccnc1C. The molecule has 0 amide bonds. The molecule has 1 heterocycles. The fourth-order valence-electron chi connectivity index (χ4n) is 3.72. The lowest BCUT2D eigenvalue weighted by atomic mass is 9.78. The second-order valence-electron chi connectivity index (χ2n) is 6.03. The van der Waals surface area contributed by atoms with E-state index in [2.05, 4.69) is 65.2 Å². The van der Waals surface area contributed by atoms with E-state index < -0.39 is 0 Å². The van der Waals surface area contributed by atoms with E-state index in [0.29, 0.717) is 18.0 Å². The van der Waals surface area contributed by atoms with Gasteiger partial charge in [-0.2, -0.15) is 0 Å². The maximum Gasteiger partial charge on any atom is 0.105 e. The number of aryl methyl sites for hydroxylation is 1. The number of imidazole rings is 1. The summed E-state index contributed by atoms with van der Waals surface area (Å²) in [6, 6.07) is 12.0. The van der Waals surface area contributed by atoms with Crippen molar-refractivity contribution in [1.82, 2.24) is 14.9 Å². The third-order valence-electron chi connectivity index (χ3n) is 4.77. The van der Waals surface area contributed by atoms with Crippen LogP contribution in [0.1, 0.15) is 49.5 Å². The van der Waals surface area contributed by atoms with Gasteiger partial charge in [-0.1, -0.05) is 37.3 Å². The largest absolute Gasteiger partial charge is 0.331 e. The molecule has 3 unspecified atom stereocenters. The second kappa shape index (κ2) is 6.44. The van der Waals surface area contributed by atoms with Gasteiger partial charge in [0, 0.05) is 18.4 Å². The minimum Gasteiger partial charge on any atom is -0.331 e. The Morgan fingerprint density at radius 3 is 2.71 bits per heavy atom. The molecule has 0 aliphatic heterocycles. The Bertz CT molecular complexity index is 561. The molecule has 1 aliphatic rings. The third-order valence-corrected chi connectivity index (χ3v) is 4.77. The maximum atomic E-state index is 4.42. The molecule has 1 aliphatic carbocycles. The lowest BCUT2D eigenvalue weighted by molar-refractivity contribution is 0.241. The Morgan fingerprint density at radius 2 is 2.05 bits per heavy atom. The van der Waals surface area contributed by atoms with Crippen LogP contribution in [0.3, 0.4) is 0 Å². The molecule has 1 N–H and O–H groups in total. The molecule has 21 heavy (non-hydrogen) atoms. The Morgan fingerprint density at radius 1 is 1.24 bits per heavy atom. The minimum absolute atomic E-state index is 0.506. The predicted octanol–water partition coefficient (Wildman–Crippen LogP) is 3.68. The molecule has 0 bridgehead atoms. The first-order valence-electron chi connectivity index (χ1n) is 8.07. The summed E-state index contributed by atoms with van der Waals surface area (Å²) in [5.74, 6) is 1.78. The van der Waals surface area contributed by atoms with Crippen molar-refractivity contribution < 1.29 is 0 Å². The Hall–Kier alpha value is -1.61. The molecule has 3 nitrogen and oxygen atoms in total. The third kappa shape index (κ3) is 3.03. The van der Waals surface area contributed by atoms with Crippen molar-refractivity contribution in [1.29, 1.82) is 0 Å². The van der Waals surface area contributed by atoms with Crippen molar-refractivity contribution in [2.45, 2.75) is 51.1 Å². The van der Waals surface area contributed by atoms with E-state index in [9.17, 15) is 0 Å². The Labute approximate surface area is 127 Å². The van der Waals surface area contributed by atoms with Crippen molar-refractivity contribution >= 4 is 0 Å². The highest BCUT2D eigenvalue weighted by Gasteiger charge is 2.32. The smallest absolute Gasteiger partial charge is 0.105 e. The van der Waals surface area contributed by atoms with Crippen molar-refractivity contribution in [3.05, 3.63) is 54.1 Å². The molecule has 2 aromatic rings. The van der Waals surface area contributed by atoms with Gasteiger partial charge in [-0.05, 0) is 44.2 Å². The summed E-state index contributed by atoms with van der Waals surface area (Å²) in [6.07, 6.45) is 7.75. The van der Waals surface area contributed by atoms with Crippen molar-refractivity contribution in [2.24, 2.45) is 0 Å². The first kappa shape index (κ1) is 14.3. The van der Waals surface area contributed by atoms with E-state index in [1.807, 2.05) is 6.20 Å². The van der Waals surface area contributed by atoms with Crippen LogP contribution in [0.5, 0.6) is 0 Å². The zero-order chi connectivity index (χ0) is 14.7. The molecule has 0 radical (unpaired) electrons. The molecule has 1 fully saturated rings. The van der Waals surface area contributed by atoms with Crippen LogP contribution in [0.25, 0.3) is 0 Å². The van der Waals surface area contributed by atoms with Gasteiger partial charge in [0.2, 0.25) is 0 Å². The highest BCUT2D eigenvalue weighted by molar-refractivity contribution is 5.21. The number of nitrogens with zero attached hydrogens (tertiary/aromatic N) is 2. The van der Waals surface area contributed by atoms with Gasteiger partial charge in [-0.25, -0.2) is 4.98 Å². The van der Waals surface area contributed by atoms with E-state index in [1.54, 1.807) is 0 Å². The first-order chi connectivity index (χ1) is 10.3. The molecular weight excluding hydrogens is 258 g/mol. The summed E-state index contributed by atoms with van der Waals surface area (Å²) in [4.78, 5) is 4.42. The topological polar surface area (TPSA) is 29.9 Å². The number of aromatic nitrogens is 2. The summed E-state index contributed by atoms with van der Waals surface area (Å²) in [6.45, 7) is 5.33. The fraction of sp³-hybridized carbons (Fsp3) is 0.500. The molecule has 0 saturated heterocycles. The fourth-order valence-corrected chi connectivity index (χ4v) is 3.72. The van der Waals surface area contributed by atoms with Gasteiger partial charge in [0.1, 0.15) is 5.82 Å². The van der Waals surface area contributed by atoms with Crippen molar-refractivity contribution in [3.63, 3.8) is 0 Å². The monoisotopic (exact) mass is 283 g/mol. The number of likely N-dealkylation sites (N-methyl/N-ethyl adjacent to an activating group) is 1. The number of nitrogens with one attached hydrogen (secondary N) is 1. The predicted molar refractivity (Wildman–Crippen MR) is 86.5 cm³/mol. The minimum atomic E-state index is 0.506. The summed E-state index contributed by atoms with van der Waals surface area (Å²) in [5, 5.41) is 3.67. The molecule has 1 aromatic carbocycles. The number of benzene rings is 1. The first-order valence-corrected chi connectivity index (χ1v) is 8.07. The normalized spacial score (nSPS) is 25.9. The standard InChI is InChI=1S/C18H25N3/c1-3-19-17-10-9-16(15-7-5-4-6-8-15)13-18(17)21-12-11-20-14(21)2/h4-8,11-12,16-19H,3,9-10,13H2,1-2H3. The molecular formula is C18H25N3. The van der Waals surface area contributed by atoms with Crippen LogP contribution in [0, 0.1) is 6.92 Å². The molecule has 1 aromatic heterocycles. The zero-order valence-electron chi connectivity index (χ0n) is 13.0. The van der Waals surface area contributed by atoms with Gasteiger partial charge in [-0.3, -0.25) is 0 Å².